The molecule has 0 atom stereocenters. The van der Waals surface area contributed by atoms with Crippen LogP contribution in [0, 0.1) is 5.82 Å². The summed E-state index contributed by atoms with van der Waals surface area (Å²) in [5.74, 6) is -0.684. The van der Waals surface area contributed by atoms with Gasteiger partial charge in [-0.25, -0.2) is 4.39 Å². The molecule has 2 rings (SSSR count). The molecule has 0 bridgehead atoms. The van der Waals surface area contributed by atoms with E-state index in [9.17, 15) is 22.4 Å². The van der Waals surface area contributed by atoms with Crippen molar-refractivity contribution >= 4 is 0 Å². The van der Waals surface area contributed by atoms with Crippen molar-refractivity contribution in [2.45, 2.75) is 19.3 Å². The van der Waals surface area contributed by atoms with E-state index < -0.39 is 29.8 Å². The Morgan fingerprint density at radius 3 is 2.48 bits per heavy atom. The predicted molar refractivity (Wildman–Crippen MR) is 69.1 cm³/mol. The zero-order valence-corrected chi connectivity index (χ0v) is 10.8. The molecule has 0 spiro atoms. The van der Waals surface area contributed by atoms with Crippen LogP contribution < -0.4 is 11.3 Å². The van der Waals surface area contributed by atoms with E-state index >= 15 is 0 Å². The molecule has 0 saturated heterocycles. The van der Waals surface area contributed by atoms with Crippen LogP contribution in [0.5, 0.6) is 0 Å². The predicted octanol–water partition coefficient (Wildman–Crippen LogP) is 2.51. The molecule has 0 aliphatic carbocycles. The summed E-state index contributed by atoms with van der Waals surface area (Å²) < 4.78 is 52.9. The second kappa shape index (κ2) is 5.69. The number of hydrogen-bond donors (Lipinski definition) is 1. The molecule has 0 unspecified atom stereocenters. The van der Waals surface area contributed by atoms with Gasteiger partial charge in [-0.2, -0.15) is 13.2 Å². The molecule has 0 saturated carbocycles. The first-order chi connectivity index (χ1) is 9.82. The molecular weight excluding hydrogens is 288 g/mol. The van der Waals surface area contributed by atoms with Gasteiger partial charge in [0, 0.05) is 18.2 Å². The minimum atomic E-state index is -4.69. The molecule has 7 heteroatoms. The highest BCUT2D eigenvalue weighted by molar-refractivity contribution is 5.26. The van der Waals surface area contributed by atoms with Gasteiger partial charge in [-0.3, -0.25) is 9.36 Å². The lowest BCUT2D eigenvalue weighted by Gasteiger charge is -2.15. The van der Waals surface area contributed by atoms with Crippen molar-refractivity contribution in [3.05, 3.63) is 69.4 Å². The molecule has 2 N–H and O–H groups in total. The number of alkyl halides is 3. The second-order valence-corrected chi connectivity index (χ2v) is 4.46. The molecule has 0 aliphatic heterocycles. The summed E-state index contributed by atoms with van der Waals surface area (Å²) in [5.41, 5.74) is 4.01. The molecule has 21 heavy (non-hydrogen) atoms. The molecule has 0 radical (unpaired) electrons. The van der Waals surface area contributed by atoms with Crippen molar-refractivity contribution in [1.82, 2.24) is 4.57 Å². The Kier molecular flexibility index (Phi) is 4.13. The fraction of sp³-hybridized carbons (Fsp3) is 0.214. The number of pyridine rings is 1. The van der Waals surface area contributed by atoms with Gasteiger partial charge in [0.05, 0.1) is 6.54 Å². The largest absolute Gasteiger partial charge is 0.431 e. The summed E-state index contributed by atoms with van der Waals surface area (Å²) in [6.45, 7) is -0.378. The summed E-state index contributed by atoms with van der Waals surface area (Å²) in [7, 11) is 0. The number of rotatable bonds is 3. The van der Waals surface area contributed by atoms with Gasteiger partial charge in [0.2, 0.25) is 0 Å². The van der Waals surface area contributed by atoms with E-state index in [-0.39, 0.29) is 12.1 Å². The van der Waals surface area contributed by atoms with Crippen molar-refractivity contribution < 1.29 is 17.6 Å². The fourth-order valence-corrected chi connectivity index (χ4v) is 1.98. The molecule has 112 valence electrons. The lowest BCUT2D eigenvalue weighted by molar-refractivity contribution is -0.144. The minimum absolute atomic E-state index is 0.0169. The van der Waals surface area contributed by atoms with Crippen LogP contribution >= 0.6 is 0 Å². The van der Waals surface area contributed by atoms with Crippen LogP contribution in [-0.2, 0) is 19.3 Å². The maximum Gasteiger partial charge on any atom is 0.431 e. The van der Waals surface area contributed by atoms with E-state index in [2.05, 4.69) is 0 Å². The maximum atomic E-state index is 13.7. The van der Waals surface area contributed by atoms with Crippen molar-refractivity contribution in [2.24, 2.45) is 5.73 Å². The van der Waals surface area contributed by atoms with E-state index in [1.165, 1.54) is 12.1 Å². The fourth-order valence-electron chi connectivity index (χ4n) is 1.98. The van der Waals surface area contributed by atoms with E-state index in [0.717, 1.165) is 24.3 Å². The van der Waals surface area contributed by atoms with E-state index in [1.807, 2.05) is 0 Å². The third-order valence-electron chi connectivity index (χ3n) is 3.01. The van der Waals surface area contributed by atoms with Crippen LogP contribution in [0.2, 0.25) is 0 Å². The molecule has 1 aromatic carbocycles. The number of nitrogens with two attached hydrogens (primary N) is 1. The number of benzene rings is 1. The highest BCUT2D eigenvalue weighted by Crippen LogP contribution is 2.28. The number of halogens is 4. The Hall–Kier alpha value is -2.15. The van der Waals surface area contributed by atoms with Gasteiger partial charge in [-0.05, 0) is 23.8 Å². The maximum absolute atomic E-state index is 13.7. The smallest absolute Gasteiger partial charge is 0.326 e. The van der Waals surface area contributed by atoms with Gasteiger partial charge in [-0.1, -0.05) is 12.1 Å². The average Bonchev–Trinajstić information content (AvgIpc) is 2.42. The van der Waals surface area contributed by atoms with Crippen LogP contribution in [0.1, 0.15) is 16.8 Å². The highest BCUT2D eigenvalue weighted by atomic mass is 19.4. The number of nitrogens with zero attached hydrogens (tertiary/aromatic N) is 1. The van der Waals surface area contributed by atoms with Crippen LogP contribution in [-0.4, -0.2) is 4.57 Å². The van der Waals surface area contributed by atoms with E-state index in [1.54, 1.807) is 0 Å². The standard InChI is InChI=1S/C14H12F4N2O/c15-11-5-4-9(7-19)6-10(11)8-20-12(14(16,17)18)2-1-3-13(20)21/h1-6H,7-8,19H2. The second-order valence-electron chi connectivity index (χ2n) is 4.46. The normalized spacial score (nSPS) is 11.7. The van der Waals surface area contributed by atoms with Crippen LogP contribution in [0.4, 0.5) is 17.6 Å². The Labute approximate surface area is 117 Å². The Morgan fingerprint density at radius 2 is 1.86 bits per heavy atom. The quantitative estimate of drug-likeness (QED) is 0.885. The van der Waals surface area contributed by atoms with Crippen molar-refractivity contribution in [3.8, 4) is 0 Å². The van der Waals surface area contributed by atoms with Crippen LogP contribution in [0.3, 0.4) is 0 Å². The third kappa shape index (κ3) is 3.30. The van der Waals surface area contributed by atoms with Gasteiger partial charge in [0.1, 0.15) is 11.5 Å². The lowest BCUT2D eigenvalue weighted by Crippen LogP contribution is -2.28. The molecule has 3 nitrogen and oxygen atoms in total. The molecule has 0 aliphatic rings. The molecule has 1 heterocycles. The van der Waals surface area contributed by atoms with E-state index in [0.29, 0.717) is 10.1 Å². The molecule has 1 aromatic heterocycles. The summed E-state index contributed by atoms with van der Waals surface area (Å²) in [6, 6.07) is 6.73. The SMILES string of the molecule is NCc1ccc(F)c(Cn2c(C(F)(F)F)cccc2=O)c1. The first-order valence-electron chi connectivity index (χ1n) is 6.07. The van der Waals surface area contributed by atoms with Crippen molar-refractivity contribution in [2.75, 3.05) is 0 Å². The van der Waals surface area contributed by atoms with Gasteiger partial charge in [-0.15, -0.1) is 0 Å². The Bertz CT molecular complexity index is 707. The lowest BCUT2D eigenvalue weighted by atomic mass is 10.1. The first kappa shape index (κ1) is 15.2. The number of hydrogen-bond acceptors (Lipinski definition) is 2. The minimum Gasteiger partial charge on any atom is -0.326 e. The third-order valence-corrected chi connectivity index (χ3v) is 3.01. The van der Waals surface area contributed by atoms with Crippen LogP contribution in [0.25, 0.3) is 0 Å². The van der Waals surface area contributed by atoms with Gasteiger partial charge in [0.25, 0.3) is 5.56 Å². The Morgan fingerprint density at radius 1 is 1.14 bits per heavy atom. The number of aromatic nitrogens is 1. The molecule has 0 amide bonds. The van der Waals surface area contributed by atoms with E-state index in [4.69, 9.17) is 5.73 Å². The molecule has 2 aromatic rings. The van der Waals surface area contributed by atoms with Crippen molar-refractivity contribution in [3.63, 3.8) is 0 Å². The summed E-state index contributed by atoms with van der Waals surface area (Å²) >= 11 is 0. The topological polar surface area (TPSA) is 48.0 Å². The molecule has 0 fully saturated rings. The average molecular weight is 300 g/mol. The summed E-state index contributed by atoms with van der Waals surface area (Å²) in [5, 5.41) is 0. The zero-order chi connectivity index (χ0) is 15.6. The van der Waals surface area contributed by atoms with Gasteiger partial charge < -0.3 is 5.73 Å². The van der Waals surface area contributed by atoms with Gasteiger partial charge in [0.15, 0.2) is 0 Å². The summed E-state index contributed by atoms with van der Waals surface area (Å²) in [4.78, 5) is 11.7. The molecular formula is C14H12F4N2O. The van der Waals surface area contributed by atoms with Crippen LogP contribution in [0.15, 0.2) is 41.2 Å². The zero-order valence-electron chi connectivity index (χ0n) is 10.8. The highest BCUT2D eigenvalue weighted by Gasteiger charge is 2.34. The van der Waals surface area contributed by atoms with Crippen molar-refractivity contribution in [1.29, 1.82) is 0 Å². The van der Waals surface area contributed by atoms with Gasteiger partial charge >= 0.3 is 6.18 Å². The first-order valence-corrected chi connectivity index (χ1v) is 6.07. The Balaban J connectivity index is 2.52. The monoisotopic (exact) mass is 300 g/mol. The summed E-state index contributed by atoms with van der Waals surface area (Å²) in [6.07, 6.45) is -4.69.